The number of hydrogen-bond donors (Lipinski definition) is 1. The molecule has 2 heterocycles. The molecule has 1 aliphatic heterocycles. The van der Waals surface area contributed by atoms with E-state index in [4.69, 9.17) is 0 Å². The maximum Gasteiger partial charge on any atom is 0.124 e. The number of hydrogen-bond acceptors (Lipinski definition) is 4. The molecule has 3 rings (SSSR count). The van der Waals surface area contributed by atoms with Crippen molar-refractivity contribution < 1.29 is 0 Å². The Morgan fingerprint density at radius 2 is 2.04 bits per heavy atom. The smallest absolute Gasteiger partial charge is 0.124 e. The molecule has 0 fully saturated rings. The second kappa shape index (κ2) is 6.69. The zero-order valence-corrected chi connectivity index (χ0v) is 13.8. The first-order valence-electron chi connectivity index (χ1n) is 7.98. The summed E-state index contributed by atoms with van der Waals surface area (Å²) in [6.45, 7) is 7.19. The molecular formula is C18H23N5. The van der Waals surface area contributed by atoms with Gasteiger partial charge in [0.1, 0.15) is 12.5 Å². The summed E-state index contributed by atoms with van der Waals surface area (Å²) in [7, 11) is 0. The van der Waals surface area contributed by atoms with Gasteiger partial charge in [0.25, 0.3) is 0 Å². The van der Waals surface area contributed by atoms with E-state index in [1.165, 1.54) is 5.56 Å². The van der Waals surface area contributed by atoms with E-state index >= 15 is 0 Å². The monoisotopic (exact) mass is 309 g/mol. The molecule has 0 bridgehead atoms. The van der Waals surface area contributed by atoms with Crippen LogP contribution >= 0.6 is 0 Å². The van der Waals surface area contributed by atoms with Gasteiger partial charge in [-0.3, -0.25) is 0 Å². The minimum atomic E-state index is 0.180. The number of nitrogens with one attached hydrogen (secondary N) is 1. The number of aliphatic imine (C=N–C) groups is 1. The molecular weight excluding hydrogens is 286 g/mol. The van der Waals surface area contributed by atoms with Crippen molar-refractivity contribution in [2.45, 2.75) is 32.9 Å². The zero-order chi connectivity index (χ0) is 16.2. The summed E-state index contributed by atoms with van der Waals surface area (Å²) in [5, 5.41) is 7.76. The average Bonchev–Trinajstić information content (AvgIpc) is 3.10. The number of rotatable bonds is 4. The Morgan fingerprint density at radius 1 is 1.17 bits per heavy atom. The van der Waals surface area contributed by atoms with Crippen molar-refractivity contribution in [1.82, 2.24) is 20.0 Å². The summed E-state index contributed by atoms with van der Waals surface area (Å²) in [5.74, 6) is 0.930. The fourth-order valence-corrected chi connectivity index (χ4v) is 2.52. The fraction of sp³-hybridized carbons (Fsp3) is 0.333. The second-order valence-corrected chi connectivity index (χ2v) is 6.02. The highest BCUT2D eigenvalue weighted by atomic mass is 15.3. The van der Waals surface area contributed by atoms with Gasteiger partial charge in [-0.1, -0.05) is 12.1 Å². The van der Waals surface area contributed by atoms with E-state index in [9.17, 15) is 0 Å². The van der Waals surface area contributed by atoms with Gasteiger partial charge >= 0.3 is 0 Å². The van der Waals surface area contributed by atoms with Crippen molar-refractivity contribution >= 4 is 5.84 Å². The molecule has 5 heteroatoms. The van der Waals surface area contributed by atoms with Crippen LogP contribution in [0, 0.1) is 0 Å². The normalized spacial score (nSPS) is 15.7. The van der Waals surface area contributed by atoms with Crippen molar-refractivity contribution in [2.24, 2.45) is 4.99 Å². The first-order valence-corrected chi connectivity index (χ1v) is 7.98. The molecule has 5 nitrogen and oxygen atoms in total. The third-order valence-electron chi connectivity index (χ3n) is 4.00. The molecule has 1 aromatic heterocycles. The van der Waals surface area contributed by atoms with Crippen LogP contribution in [-0.4, -0.2) is 33.2 Å². The quantitative estimate of drug-likeness (QED) is 0.944. The minimum Gasteiger partial charge on any atom is -0.364 e. The zero-order valence-electron chi connectivity index (χ0n) is 13.8. The highest BCUT2D eigenvalue weighted by Crippen LogP contribution is 2.17. The lowest BCUT2D eigenvalue weighted by atomic mass is 10.1. The lowest BCUT2D eigenvalue weighted by molar-refractivity contribution is 0.317. The summed E-state index contributed by atoms with van der Waals surface area (Å²) in [6.07, 6.45) is 7.88. The first kappa shape index (κ1) is 15.3. The number of amidine groups is 1. The van der Waals surface area contributed by atoms with Gasteiger partial charge in [-0.2, -0.15) is 5.10 Å². The van der Waals surface area contributed by atoms with Crippen molar-refractivity contribution in [3.8, 4) is 5.69 Å². The third-order valence-corrected chi connectivity index (χ3v) is 4.00. The van der Waals surface area contributed by atoms with Crippen LogP contribution in [-0.2, 0) is 0 Å². The maximum absolute atomic E-state index is 4.60. The third kappa shape index (κ3) is 3.62. The highest BCUT2D eigenvalue weighted by molar-refractivity contribution is 5.93. The van der Waals surface area contributed by atoms with Crippen LogP contribution in [0.15, 0.2) is 60.0 Å². The van der Waals surface area contributed by atoms with Crippen LogP contribution in [0.25, 0.3) is 5.69 Å². The van der Waals surface area contributed by atoms with Crippen molar-refractivity contribution in [3.63, 3.8) is 0 Å². The minimum absolute atomic E-state index is 0.180. The Kier molecular flexibility index (Phi) is 4.46. The molecule has 1 N–H and O–H groups in total. The average molecular weight is 309 g/mol. The van der Waals surface area contributed by atoms with Gasteiger partial charge in [0.2, 0.25) is 0 Å². The van der Waals surface area contributed by atoms with E-state index in [0.29, 0.717) is 12.7 Å². The molecule has 0 spiro atoms. The molecule has 23 heavy (non-hydrogen) atoms. The molecule has 0 aliphatic carbocycles. The van der Waals surface area contributed by atoms with Gasteiger partial charge in [0.15, 0.2) is 0 Å². The molecule has 1 aliphatic rings. The lowest BCUT2D eigenvalue weighted by Crippen LogP contribution is -2.33. The van der Waals surface area contributed by atoms with Gasteiger partial charge in [-0.15, -0.1) is 0 Å². The Balaban J connectivity index is 1.69. The predicted octanol–water partition coefficient (Wildman–Crippen LogP) is 3.12. The number of nitrogens with zero attached hydrogens (tertiary/aromatic N) is 4. The summed E-state index contributed by atoms with van der Waals surface area (Å²) in [6, 6.07) is 11.0. The molecule has 0 radical (unpaired) electrons. The molecule has 2 aromatic rings. The van der Waals surface area contributed by atoms with E-state index in [1.54, 1.807) is 6.20 Å². The Hall–Kier alpha value is -2.56. The van der Waals surface area contributed by atoms with Gasteiger partial charge in [-0.25, -0.2) is 9.67 Å². The Labute approximate surface area is 137 Å². The van der Waals surface area contributed by atoms with Crippen LogP contribution in [0.3, 0.4) is 0 Å². The standard InChI is InChI=1S/C18H23N5/c1-14(2)22-11-8-18(19-13-22)21-15(3)16-6-4-7-17(12-16)23-10-5-9-20-23/h4-12,14-15H,13H2,1-3H3,(H,19,21). The summed E-state index contributed by atoms with van der Waals surface area (Å²) < 4.78 is 1.87. The van der Waals surface area contributed by atoms with E-state index in [1.807, 2.05) is 23.0 Å². The fourth-order valence-electron chi connectivity index (χ4n) is 2.52. The lowest BCUT2D eigenvalue weighted by Gasteiger charge is -2.27. The van der Waals surface area contributed by atoms with Crippen LogP contribution in [0.1, 0.15) is 32.4 Å². The summed E-state index contributed by atoms with van der Waals surface area (Å²) >= 11 is 0. The van der Waals surface area contributed by atoms with Crippen molar-refractivity contribution in [1.29, 1.82) is 0 Å². The molecule has 1 aromatic carbocycles. The van der Waals surface area contributed by atoms with Crippen molar-refractivity contribution in [2.75, 3.05) is 6.67 Å². The molecule has 0 saturated carbocycles. The molecule has 1 atom stereocenters. The van der Waals surface area contributed by atoms with Gasteiger partial charge < -0.3 is 10.2 Å². The predicted molar refractivity (Wildman–Crippen MR) is 93.5 cm³/mol. The largest absolute Gasteiger partial charge is 0.364 e. The number of aromatic nitrogens is 2. The molecule has 1 unspecified atom stereocenters. The molecule has 0 amide bonds. The topological polar surface area (TPSA) is 45.5 Å². The van der Waals surface area contributed by atoms with E-state index in [2.05, 4.69) is 71.5 Å². The van der Waals surface area contributed by atoms with Crippen LogP contribution < -0.4 is 5.32 Å². The maximum atomic E-state index is 4.60. The van der Waals surface area contributed by atoms with E-state index in [0.717, 1.165) is 11.5 Å². The molecule has 0 saturated heterocycles. The van der Waals surface area contributed by atoms with E-state index < -0.39 is 0 Å². The van der Waals surface area contributed by atoms with Crippen LogP contribution in [0.4, 0.5) is 0 Å². The van der Waals surface area contributed by atoms with Crippen LogP contribution in [0.5, 0.6) is 0 Å². The second-order valence-electron chi connectivity index (χ2n) is 6.02. The molecule has 120 valence electrons. The highest BCUT2D eigenvalue weighted by Gasteiger charge is 2.12. The van der Waals surface area contributed by atoms with Crippen LogP contribution in [0.2, 0.25) is 0 Å². The summed E-state index contributed by atoms with van der Waals surface area (Å²) in [4.78, 5) is 6.80. The Morgan fingerprint density at radius 3 is 2.70 bits per heavy atom. The summed E-state index contributed by atoms with van der Waals surface area (Å²) in [5.41, 5.74) is 2.27. The SMILES string of the molecule is CC(NC1=NCN(C(C)C)C=C1)c1cccc(-n2cccn2)c1. The Bertz CT molecular complexity index is 700. The first-order chi connectivity index (χ1) is 11.1. The number of benzene rings is 1. The van der Waals surface area contributed by atoms with E-state index in [-0.39, 0.29) is 6.04 Å². The van der Waals surface area contributed by atoms with Gasteiger partial charge in [-0.05, 0) is 50.6 Å². The van der Waals surface area contributed by atoms with Gasteiger partial charge in [0, 0.05) is 24.6 Å². The van der Waals surface area contributed by atoms with Crippen molar-refractivity contribution in [3.05, 3.63) is 60.6 Å². The van der Waals surface area contributed by atoms with Gasteiger partial charge in [0.05, 0.1) is 11.7 Å².